The number of nitrogens with zero attached hydrogens (tertiary/aromatic N) is 3. The number of ether oxygens (including phenoxy) is 1. The standard InChI is InChI=1S/C12H14FN5O/c1-3-19-12-17-10(14-2)16-11(18-12)15-9-6-4-5-8(13)7-9/h4-7H,3H2,1-2H3,(H2,14,15,16,17,18). The molecule has 19 heavy (non-hydrogen) atoms. The second-order valence-electron chi connectivity index (χ2n) is 3.58. The molecule has 0 bridgehead atoms. The van der Waals surface area contributed by atoms with Crippen molar-refractivity contribution in [2.24, 2.45) is 0 Å². The van der Waals surface area contributed by atoms with Gasteiger partial charge in [-0.15, -0.1) is 0 Å². The maximum absolute atomic E-state index is 13.1. The van der Waals surface area contributed by atoms with Crippen LogP contribution in [0.2, 0.25) is 0 Å². The van der Waals surface area contributed by atoms with Crippen molar-refractivity contribution in [1.82, 2.24) is 15.0 Å². The Labute approximate surface area is 110 Å². The predicted molar refractivity (Wildman–Crippen MR) is 70.2 cm³/mol. The van der Waals surface area contributed by atoms with Crippen LogP contribution in [-0.2, 0) is 0 Å². The Balaban J connectivity index is 2.26. The lowest BCUT2D eigenvalue weighted by Gasteiger charge is -2.08. The highest BCUT2D eigenvalue weighted by molar-refractivity contribution is 5.54. The number of halogens is 1. The number of aromatic nitrogens is 3. The quantitative estimate of drug-likeness (QED) is 0.861. The summed E-state index contributed by atoms with van der Waals surface area (Å²) in [6.07, 6.45) is 0. The lowest BCUT2D eigenvalue weighted by atomic mass is 10.3. The Morgan fingerprint density at radius 2 is 2.00 bits per heavy atom. The van der Waals surface area contributed by atoms with Crippen LogP contribution in [0.5, 0.6) is 6.01 Å². The highest BCUT2D eigenvalue weighted by Gasteiger charge is 2.06. The molecule has 0 spiro atoms. The fourth-order valence-corrected chi connectivity index (χ4v) is 1.41. The van der Waals surface area contributed by atoms with Gasteiger partial charge in [0.1, 0.15) is 5.82 Å². The van der Waals surface area contributed by atoms with Gasteiger partial charge < -0.3 is 15.4 Å². The smallest absolute Gasteiger partial charge is 0.323 e. The summed E-state index contributed by atoms with van der Waals surface area (Å²) in [7, 11) is 1.69. The van der Waals surface area contributed by atoms with Crippen molar-refractivity contribution in [3.8, 4) is 6.01 Å². The van der Waals surface area contributed by atoms with Crippen LogP contribution >= 0.6 is 0 Å². The van der Waals surface area contributed by atoms with Gasteiger partial charge in [-0.25, -0.2) is 4.39 Å². The normalized spacial score (nSPS) is 10.1. The van der Waals surface area contributed by atoms with E-state index in [1.165, 1.54) is 12.1 Å². The predicted octanol–water partition coefficient (Wildman–Crippen LogP) is 2.19. The molecule has 2 aromatic rings. The summed E-state index contributed by atoms with van der Waals surface area (Å²) >= 11 is 0. The molecule has 0 amide bonds. The summed E-state index contributed by atoms with van der Waals surface area (Å²) in [4.78, 5) is 12.2. The van der Waals surface area contributed by atoms with Crippen molar-refractivity contribution in [3.63, 3.8) is 0 Å². The zero-order valence-corrected chi connectivity index (χ0v) is 10.6. The van der Waals surface area contributed by atoms with Gasteiger partial charge in [-0.1, -0.05) is 6.07 Å². The molecular formula is C12H14FN5O. The summed E-state index contributed by atoms with van der Waals surface area (Å²) in [5.41, 5.74) is 0.552. The molecule has 100 valence electrons. The minimum Gasteiger partial charge on any atom is -0.464 e. The van der Waals surface area contributed by atoms with Gasteiger partial charge in [0.15, 0.2) is 0 Å². The first-order valence-corrected chi connectivity index (χ1v) is 5.80. The number of nitrogens with one attached hydrogen (secondary N) is 2. The molecule has 1 aromatic carbocycles. The van der Waals surface area contributed by atoms with Gasteiger partial charge >= 0.3 is 6.01 Å². The second kappa shape index (κ2) is 5.94. The van der Waals surface area contributed by atoms with Gasteiger partial charge in [0.05, 0.1) is 6.61 Å². The van der Waals surface area contributed by atoms with E-state index < -0.39 is 0 Å². The number of hydrogen-bond acceptors (Lipinski definition) is 6. The Morgan fingerprint density at radius 1 is 1.21 bits per heavy atom. The third-order valence-electron chi connectivity index (χ3n) is 2.19. The third kappa shape index (κ3) is 3.51. The number of rotatable bonds is 5. The Kier molecular flexibility index (Phi) is 4.07. The van der Waals surface area contributed by atoms with Crippen LogP contribution < -0.4 is 15.4 Å². The molecule has 0 aliphatic carbocycles. The summed E-state index contributed by atoms with van der Waals surface area (Å²) in [6, 6.07) is 6.24. The monoisotopic (exact) mass is 263 g/mol. The molecule has 2 rings (SSSR count). The van der Waals surface area contributed by atoms with E-state index in [4.69, 9.17) is 4.74 Å². The number of hydrogen-bond donors (Lipinski definition) is 2. The van der Waals surface area contributed by atoms with E-state index >= 15 is 0 Å². The second-order valence-corrected chi connectivity index (χ2v) is 3.58. The first kappa shape index (κ1) is 13.0. The van der Waals surface area contributed by atoms with Crippen LogP contribution in [0.4, 0.5) is 22.0 Å². The van der Waals surface area contributed by atoms with Crippen molar-refractivity contribution in [2.45, 2.75) is 6.92 Å². The average Bonchev–Trinajstić information content (AvgIpc) is 2.39. The van der Waals surface area contributed by atoms with Gasteiger partial charge in [0.2, 0.25) is 11.9 Å². The molecule has 0 fully saturated rings. The minimum atomic E-state index is -0.335. The Morgan fingerprint density at radius 3 is 2.68 bits per heavy atom. The topological polar surface area (TPSA) is 72.0 Å². The van der Waals surface area contributed by atoms with Crippen LogP contribution in [0.15, 0.2) is 24.3 Å². The first-order chi connectivity index (χ1) is 9.21. The molecule has 6 nitrogen and oxygen atoms in total. The largest absolute Gasteiger partial charge is 0.464 e. The van der Waals surface area contributed by atoms with Crippen LogP contribution in [0, 0.1) is 5.82 Å². The zero-order chi connectivity index (χ0) is 13.7. The van der Waals surface area contributed by atoms with E-state index in [0.29, 0.717) is 18.2 Å². The molecule has 0 unspecified atom stereocenters. The van der Waals surface area contributed by atoms with Gasteiger partial charge in [-0.05, 0) is 25.1 Å². The molecule has 1 aromatic heterocycles. The molecule has 7 heteroatoms. The highest BCUT2D eigenvalue weighted by Crippen LogP contribution is 2.17. The summed E-state index contributed by atoms with van der Waals surface area (Å²) < 4.78 is 18.3. The van der Waals surface area contributed by atoms with Crippen molar-refractivity contribution in [3.05, 3.63) is 30.1 Å². The van der Waals surface area contributed by atoms with Crippen LogP contribution in [0.3, 0.4) is 0 Å². The average molecular weight is 263 g/mol. The van der Waals surface area contributed by atoms with Gasteiger partial charge in [-0.3, -0.25) is 0 Å². The Bertz CT molecular complexity index is 564. The van der Waals surface area contributed by atoms with E-state index in [1.54, 1.807) is 19.2 Å². The maximum Gasteiger partial charge on any atom is 0.323 e. The number of benzene rings is 1. The third-order valence-corrected chi connectivity index (χ3v) is 2.19. The molecule has 0 aliphatic heterocycles. The Hall–Kier alpha value is -2.44. The molecular weight excluding hydrogens is 249 g/mol. The number of anilines is 3. The molecule has 0 saturated heterocycles. The molecule has 0 radical (unpaired) electrons. The van der Waals surface area contributed by atoms with Crippen LogP contribution in [0.25, 0.3) is 0 Å². The SMILES string of the molecule is CCOc1nc(NC)nc(Nc2cccc(F)c2)n1. The van der Waals surface area contributed by atoms with Crippen molar-refractivity contribution in [2.75, 3.05) is 24.3 Å². The van der Waals surface area contributed by atoms with Crippen molar-refractivity contribution in [1.29, 1.82) is 0 Å². The van der Waals surface area contributed by atoms with E-state index in [2.05, 4.69) is 25.6 Å². The van der Waals surface area contributed by atoms with Crippen LogP contribution in [-0.4, -0.2) is 28.6 Å². The van der Waals surface area contributed by atoms with E-state index in [0.717, 1.165) is 0 Å². The fraction of sp³-hybridized carbons (Fsp3) is 0.250. The van der Waals surface area contributed by atoms with E-state index in [9.17, 15) is 4.39 Å². The molecule has 1 heterocycles. The van der Waals surface area contributed by atoms with Crippen molar-refractivity contribution >= 4 is 17.6 Å². The summed E-state index contributed by atoms with van der Waals surface area (Å²) in [5, 5.41) is 5.70. The van der Waals surface area contributed by atoms with Crippen LogP contribution in [0.1, 0.15) is 6.92 Å². The van der Waals surface area contributed by atoms with E-state index in [-0.39, 0.29) is 17.8 Å². The highest BCUT2D eigenvalue weighted by atomic mass is 19.1. The zero-order valence-electron chi connectivity index (χ0n) is 10.6. The lowest BCUT2D eigenvalue weighted by Crippen LogP contribution is -2.07. The minimum absolute atomic E-state index is 0.209. The molecule has 2 N–H and O–H groups in total. The maximum atomic E-state index is 13.1. The summed E-state index contributed by atoms with van der Waals surface area (Å²) in [6.45, 7) is 2.29. The first-order valence-electron chi connectivity index (χ1n) is 5.80. The van der Waals surface area contributed by atoms with Gasteiger partial charge in [-0.2, -0.15) is 15.0 Å². The van der Waals surface area contributed by atoms with Crippen molar-refractivity contribution < 1.29 is 9.13 Å². The lowest BCUT2D eigenvalue weighted by molar-refractivity contribution is 0.312. The molecule has 0 saturated carbocycles. The molecule has 0 atom stereocenters. The molecule has 0 aliphatic rings. The van der Waals surface area contributed by atoms with Gasteiger partial charge in [0.25, 0.3) is 0 Å². The fourth-order valence-electron chi connectivity index (χ4n) is 1.41. The van der Waals surface area contributed by atoms with Gasteiger partial charge in [0, 0.05) is 12.7 Å². The summed E-state index contributed by atoms with van der Waals surface area (Å²) in [5.74, 6) is 0.323. The van der Waals surface area contributed by atoms with E-state index in [1.807, 2.05) is 6.92 Å².